The van der Waals surface area contributed by atoms with E-state index < -0.39 is 0 Å². The molecule has 8 aromatic carbocycles. The molecule has 3 heteroatoms. The number of hydrogen-bond acceptors (Lipinski definition) is 3. The first-order valence-electron chi connectivity index (χ1n) is 19.3. The van der Waals surface area contributed by atoms with E-state index in [0.717, 1.165) is 50.3 Å². The number of rotatable bonds is 5. The third-order valence-electron chi connectivity index (χ3n) is 11.8. The van der Waals surface area contributed by atoms with Crippen molar-refractivity contribution in [2.75, 3.05) is 0 Å². The zero-order valence-corrected chi connectivity index (χ0v) is 30.9. The molecule has 0 bridgehead atoms. The Morgan fingerprint density at radius 1 is 0.333 bits per heavy atom. The van der Waals surface area contributed by atoms with Crippen molar-refractivity contribution in [1.82, 2.24) is 9.97 Å². The van der Waals surface area contributed by atoms with Crippen LogP contribution >= 0.6 is 0 Å². The average molecular weight is 724 g/mol. The van der Waals surface area contributed by atoms with E-state index in [0.29, 0.717) is 11.4 Å². The van der Waals surface area contributed by atoms with Crippen LogP contribution in [-0.4, -0.2) is 9.97 Å². The SMILES string of the molecule is N#Cc1cccc(-c2cccc(-c3cc(-c4ccccc4-c4ccc5c(c4)-c4ccccc4C54c5ccccc5-c5ccccc54)nc(-c4ccccc4)n3)c2)c1. The number of aromatic nitrogens is 2. The third kappa shape index (κ3) is 5.05. The predicted molar refractivity (Wildman–Crippen MR) is 230 cm³/mol. The summed E-state index contributed by atoms with van der Waals surface area (Å²) in [6.07, 6.45) is 0. The minimum atomic E-state index is -0.381. The van der Waals surface area contributed by atoms with Crippen LogP contribution in [0.5, 0.6) is 0 Å². The first-order valence-corrected chi connectivity index (χ1v) is 19.3. The summed E-state index contributed by atoms with van der Waals surface area (Å²) in [6, 6.07) is 73.1. The highest BCUT2D eigenvalue weighted by atomic mass is 14.9. The second-order valence-electron chi connectivity index (χ2n) is 14.8. The summed E-state index contributed by atoms with van der Waals surface area (Å²) in [7, 11) is 0. The van der Waals surface area contributed by atoms with Gasteiger partial charge in [-0.1, -0.05) is 170 Å². The minimum Gasteiger partial charge on any atom is -0.228 e. The van der Waals surface area contributed by atoms with E-state index in [4.69, 9.17) is 9.97 Å². The molecule has 0 fully saturated rings. The van der Waals surface area contributed by atoms with E-state index in [9.17, 15) is 5.26 Å². The maximum Gasteiger partial charge on any atom is 0.160 e. The normalized spacial score (nSPS) is 12.7. The molecule has 3 nitrogen and oxygen atoms in total. The average Bonchev–Trinajstić information content (AvgIpc) is 3.76. The fourth-order valence-electron chi connectivity index (χ4n) is 9.30. The molecule has 1 spiro atoms. The number of nitrogens with zero attached hydrogens (tertiary/aromatic N) is 3. The van der Waals surface area contributed by atoms with Crippen LogP contribution in [-0.2, 0) is 5.41 Å². The van der Waals surface area contributed by atoms with Gasteiger partial charge in [-0.25, -0.2) is 9.97 Å². The van der Waals surface area contributed by atoms with Gasteiger partial charge in [0, 0.05) is 16.7 Å². The number of fused-ring (bicyclic) bond motifs is 10. The standard InChI is InChI=1S/C54H33N3/c55-34-35-14-12-17-37(30-35)38-18-13-19-40(31-38)51-33-52(57-53(56-51)36-15-2-1-3-16-36)45-24-5-4-20-41(45)39-28-29-50-46(32-39)44-23-8-11-27-49(44)54(50)47-25-9-6-21-42(47)43-22-7-10-26-48(43)54/h1-33H. The maximum atomic E-state index is 9.57. The Balaban J connectivity index is 1.08. The number of hydrogen-bond donors (Lipinski definition) is 0. The molecule has 0 unspecified atom stereocenters. The fourth-order valence-corrected chi connectivity index (χ4v) is 9.30. The second kappa shape index (κ2) is 13.0. The molecule has 2 aliphatic rings. The van der Waals surface area contributed by atoms with Gasteiger partial charge in [0.2, 0.25) is 0 Å². The quantitative estimate of drug-likeness (QED) is 0.178. The van der Waals surface area contributed by atoms with Crippen molar-refractivity contribution in [3.8, 4) is 84.5 Å². The number of benzene rings is 8. The highest BCUT2D eigenvalue weighted by molar-refractivity contribution is 5.97. The highest BCUT2D eigenvalue weighted by Gasteiger charge is 2.51. The minimum absolute atomic E-state index is 0.381. The molecule has 11 rings (SSSR count). The molecule has 0 radical (unpaired) electrons. The Labute approximate surface area is 331 Å². The molecular weight excluding hydrogens is 691 g/mol. The van der Waals surface area contributed by atoms with E-state index in [-0.39, 0.29) is 5.41 Å². The van der Waals surface area contributed by atoms with Crippen molar-refractivity contribution >= 4 is 0 Å². The van der Waals surface area contributed by atoms with E-state index in [1.165, 1.54) is 44.5 Å². The van der Waals surface area contributed by atoms with Crippen molar-refractivity contribution in [2.45, 2.75) is 5.41 Å². The van der Waals surface area contributed by atoms with Crippen LogP contribution in [0.25, 0.3) is 78.4 Å². The molecular formula is C54H33N3. The number of nitriles is 1. The smallest absolute Gasteiger partial charge is 0.160 e. The molecule has 0 atom stereocenters. The van der Waals surface area contributed by atoms with Crippen molar-refractivity contribution in [2.24, 2.45) is 0 Å². The fraction of sp³-hybridized carbons (Fsp3) is 0.0185. The molecule has 0 saturated carbocycles. The van der Waals surface area contributed by atoms with Crippen molar-refractivity contribution in [3.05, 3.63) is 228 Å². The molecule has 0 N–H and O–H groups in total. The van der Waals surface area contributed by atoms with Gasteiger partial charge >= 0.3 is 0 Å². The molecule has 1 aromatic heterocycles. The van der Waals surface area contributed by atoms with Crippen LogP contribution in [0.2, 0.25) is 0 Å². The zero-order valence-electron chi connectivity index (χ0n) is 30.9. The van der Waals surface area contributed by atoms with Crippen LogP contribution in [0.15, 0.2) is 200 Å². The van der Waals surface area contributed by atoms with Gasteiger partial charge in [-0.3, -0.25) is 0 Å². The predicted octanol–water partition coefficient (Wildman–Crippen LogP) is 13.0. The van der Waals surface area contributed by atoms with Gasteiger partial charge in [0.25, 0.3) is 0 Å². The summed E-state index contributed by atoms with van der Waals surface area (Å²) in [5.41, 5.74) is 19.6. The summed E-state index contributed by atoms with van der Waals surface area (Å²) >= 11 is 0. The van der Waals surface area contributed by atoms with Crippen LogP contribution in [0.4, 0.5) is 0 Å². The summed E-state index contributed by atoms with van der Waals surface area (Å²) in [5.74, 6) is 0.665. The van der Waals surface area contributed by atoms with E-state index in [1.54, 1.807) is 0 Å². The molecule has 9 aromatic rings. The Morgan fingerprint density at radius 2 is 0.842 bits per heavy atom. The summed E-state index contributed by atoms with van der Waals surface area (Å²) in [6.45, 7) is 0. The third-order valence-corrected chi connectivity index (χ3v) is 11.8. The van der Waals surface area contributed by atoms with Gasteiger partial charge in [-0.2, -0.15) is 5.26 Å². The first kappa shape index (κ1) is 32.7. The lowest BCUT2D eigenvalue weighted by Crippen LogP contribution is -2.25. The Morgan fingerprint density at radius 3 is 1.53 bits per heavy atom. The summed E-state index contributed by atoms with van der Waals surface area (Å²) < 4.78 is 0. The van der Waals surface area contributed by atoms with Crippen molar-refractivity contribution < 1.29 is 0 Å². The van der Waals surface area contributed by atoms with Crippen LogP contribution in [0.1, 0.15) is 27.8 Å². The van der Waals surface area contributed by atoms with Crippen LogP contribution < -0.4 is 0 Å². The first-order chi connectivity index (χ1) is 28.2. The van der Waals surface area contributed by atoms with E-state index in [2.05, 4.69) is 164 Å². The van der Waals surface area contributed by atoms with Gasteiger partial charge in [0.05, 0.1) is 28.4 Å². The van der Waals surface area contributed by atoms with Crippen LogP contribution in [0, 0.1) is 11.3 Å². The molecule has 264 valence electrons. The second-order valence-corrected chi connectivity index (χ2v) is 14.8. The monoisotopic (exact) mass is 723 g/mol. The van der Waals surface area contributed by atoms with Gasteiger partial charge in [-0.05, 0) is 97.1 Å². The van der Waals surface area contributed by atoms with Crippen molar-refractivity contribution in [3.63, 3.8) is 0 Å². The van der Waals surface area contributed by atoms with Gasteiger partial charge in [-0.15, -0.1) is 0 Å². The molecule has 0 amide bonds. The molecule has 57 heavy (non-hydrogen) atoms. The van der Waals surface area contributed by atoms with Gasteiger partial charge in [0.1, 0.15) is 0 Å². The largest absolute Gasteiger partial charge is 0.228 e. The Hall–Kier alpha value is -7.67. The topological polar surface area (TPSA) is 49.6 Å². The zero-order chi connectivity index (χ0) is 37.9. The summed E-state index contributed by atoms with van der Waals surface area (Å²) in [4.78, 5) is 10.4. The molecule has 2 aliphatic carbocycles. The lowest BCUT2D eigenvalue weighted by atomic mass is 9.70. The summed E-state index contributed by atoms with van der Waals surface area (Å²) in [5, 5.41) is 9.57. The maximum absolute atomic E-state index is 9.57. The lowest BCUT2D eigenvalue weighted by Gasteiger charge is -2.30. The van der Waals surface area contributed by atoms with Crippen molar-refractivity contribution in [1.29, 1.82) is 5.26 Å². The molecule has 1 heterocycles. The van der Waals surface area contributed by atoms with E-state index in [1.807, 2.05) is 42.5 Å². The van der Waals surface area contributed by atoms with Crippen LogP contribution in [0.3, 0.4) is 0 Å². The van der Waals surface area contributed by atoms with E-state index >= 15 is 0 Å². The molecule has 0 saturated heterocycles. The lowest BCUT2D eigenvalue weighted by molar-refractivity contribution is 0.794. The Bertz CT molecular complexity index is 3050. The van der Waals surface area contributed by atoms with Gasteiger partial charge < -0.3 is 0 Å². The molecule has 0 aliphatic heterocycles. The highest BCUT2D eigenvalue weighted by Crippen LogP contribution is 2.63. The Kier molecular flexibility index (Phi) is 7.45. The van der Waals surface area contributed by atoms with Gasteiger partial charge in [0.15, 0.2) is 5.82 Å².